The van der Waals surface area contributed by atoms with Crippen LogP contribution in [0.15, 0.2) is 0 Å². The number of methoxy groups -OCH3 is 1. The van der Waals surface area contributed by atoms with Crippen LogP contribution in [0.1, 0.15) is 6.92 Å². The lowest BCUT2D eigenvalue weighted by molar-refractivity contribution is -0.459. The fourth-order valence-corrected chi connectivity index (χ4v) is 3.37. The molecule has 0 radical (unpaired) electrons. The van der Waals surface area contributed by atoms with E-state index in [4.69, 9.17) is 28.4 Å². The smallest absolute Gasteiger partial charge is 0.280 e. The number of rotatable bonds is 5. The van der Waals surface area contributed by atoms with Crippen molar-refractivity contribution in [3.63, 3.8) is 0 Å². The van der Waals surface area contributed by atoms with Gasteiger partial charge in [0.2, 0.25) is 5.79 Å². The Bertz CT molecular complexity index is 519. The molecule has 3 saturated heterocycles. The van der Waals surface area contributed by atoms with Gasteiger partial charge in [0.05, 0.1) is 13.2 Å². The Hall–Kier alpha value is -0.480. The molecule has 0 aromatic heterocycles. The first-order chi connectivity index (χ1) is 12.7. The summed E-state index contributed by atoms with van der Waals surface area (Å²) in [4.78, 5) is 0. The number of hydrogen-bond acceptors (Lipinski definition) is 12. The van der Waals surface area contributed by atoms with Crippen molar-refractivity contribution in [3.05, 3.63) is 0 Å². The molecule has 0 aliphatic carbocycles. The van der Waals surface area contributed by atoms with Crippen LogP contribution in [0.3, 0.4) is 0 Å². The maximum absolute atomic E-state index is 10.4. The van der Waals surface area contributed by atoms with Gasteiger partial charge in [-0.15, -0.1) is 0 Å². The summed E-state index contributed by atoms with van der Waals surface area (Å²) < 4.78 is 32.3. The summed E-state index contributed by atoms with van der Waals surface area (Å²) in [5, 5.41) is 59.8. The number of ether oxygens (including phenoxy) is 6. The third kappa shape index (κ3) is 3.61. The Kier molecular flexibility index (Phi) is 6.09. The third-order valence-electron chi connectivity index (χ3n) is 5.09. The van der Waals surface area contributed by atoms with Gasteiger partial charge < -0.3 is 59.1 Å². The van der Waals surface area contributed by atoms with Gasteiger partial charge in [0.15, 0.2) is 6.29 Å². The summed E-state index contributed by atoms with van der Waals surface area (Å²) in [7, 11) is 1.35. The number of hydrogen-bond donors (Lipinski definition) is 6. The molecule has 3 rings (SSSR count). The van der Waals surface area contributed by atoms with Crippen LogP contribution in [0.25, 0.3) is 0 Å². The van der Waals surface area contributed by atoms with Crippen LogP contribution in [0.4, 0.5) is 0 Å². The normalized spacial score (nSPS) is 53.3. The highest BCUT2D eigenvalue weighted by atomic mass is 16.9. The van der Waals surface area contributed by atoms with Gasteiger partial charge in [-0.2, -0.15) is 0 Å². The molecule has 6 N–H and O–H groups in total. The molecule has 10 atom stereocenters. The maximum atomic E-state index is 10.4. The Balaban J connectivity index is 1.75. The monoisotopic (exact) mass is 398 g/mol. The predicted octanol–water partition coefficient (Wildman–Crippen LogP) is -4.01. The molecule has 0 aromatic carbocycles. The van der Waals surface area contributed by atoms with E-state index in [9.17, 15) is 30.6 Å². The van der Waals surface area contributed by atoms with Crippen molar-refractivity contribution in [2.24, 2.45) is 0 Å². The lowest BCUT2D eigenvalue weighted by Crippen LogP contribution is -2.67. The molecule has 3 fully saturated rings. The van der Waals surface area contributed by atoms with Crippen LogP contribution >= 0.6 is 0 Å². The molecule has 3 aliphatic heterocycles. The van der Waals surface area contributed by atoms with E-state index in [0.29, 0.717) is 0 Å². The van der Waals surface area contributed by atoms with Gasteiger partial charge in [-0.3, -0.25) is 0 Å². The van der Waals surface area contributed by atoms with Crippen molar-refractivity contribution in [2.45, 2.75) is 67.7 Å². The lowest BCUT2D eigenvalue weighted by Gasteiger charge is -2.49. The van der Waals surface area contributed by atoms with Crippen molar-refractivity contribution in [1.29, 1.82) is 0 Å². The Morgan fingerprint density at radius 3 is 2.30 bits per heavy atom. The molecule has 0 aromatic rings. The summed E-state index contributed by atoms with van der Waals surface area (Å²) in [6, 6.07) is 0. The van der Waals surface area contributed by atoms with Crippen molar-refractivity contribution in [1.82, 2.24) is 0 Å². The van der Waals surface area contributed by atoms with E-state index >= 15 is 0 Å². The minimum atomic E-state index is -2.16. The zero-order chi connectivity index (χ0) is 20.0. The lowest BCUT2D eigenvalue weighted by atomic mass is 9.97. The average molecular weight is 398 g/mol. The van der Waals surface area contributed by atoms with Crippen LogP contribution in [-0.4, -0.2) is 118 Å². The molecule has 0 amide bonds. The molecule has 3 aliphatic rings. The van der Waals surface area contributed by atoms with Gasteiger partial charge in [-0.25, -0.2) is 0 Å². The molecular formula is C15H26O12. The van der Waals surface area contributed by atoms with E-state index < -0.39 is 74.0 Å². The number of aliphatic hydroxyl groups excluding tert-OH is 6. The molecule has 27 heavy (non-hydrogen) atoms. The van der Waals surface area contributed by atoms with Crippen molar-refractivity contribution in [3.8, 4) is 0 Å². The Labute approximate surface area is 154 Å². The van der Waals surface area contributed by atoms with Crippen LogP contribution in [0, 0.1) is 0 Å². The third-order valence-corrected chi connectivity index (χ3v) is 5.09. The maximum Gasteiger partial charge on any atom is 0.280 e. The minimum absolute atomic E-state index is 0.0595. The first kappa shape index (κ1) is 21.2. The summed E-state index contributed by atoms with van der Waals surface area (Å²) in [5.41, 5.74) is 0. The average Bonchev–Trinajstić information content (AvgIpc) is 2.91. The molecule has 12 nitrogen and oxygen atoms in total. The Morgan fingerprint density at radius 1 is 1.04 bits per heavy atom. The highest BCUT2D eigenvalue weighted by molar-refractivity contribution is 4.99. The molecular weight excluding hydrogens is 372 g/mol. The SMILES string of the molecule is COC1(C)OC[C@H]2O[C@H](OC3(CO)O[C@H](CO)[C@@H](O)[C@@H]3O)[C@H](O)[C@@H](O)[C@@H]2O1. The standard InChI is InChI=1S/C15H26O12/c1-14(22-2)23-4-7-11(26-14)9(19)10(20)13(24-7)27-15(5-17)12(21)8(18)6(3-16)25-15/h6-13,16-21H,3-5H2,1-2H3/t6-,7-,8-,9-,10-,11-,12+,13-,14?,15?/m1/s1. The van der Waals surface area contributed by atoms with Crippen LogP contribution in [0.5, 0.6) is 0 Å². The van der Waals surface area contributed by atoms with Gasteiger partial charge >= 0.3 is 0 Å². The minimum Gasteiger partial charge on any atom is -0.394 e. The first-order valence-electron chi connectivity index (χ1n) is 8.52. The quantitative estimate of drug-likeness (QED) is 0.265. The van der Waals surface area contributed by atoms with E-state index in [1.807, 2.05) is 0 Å². The molecule has 0 spiro atoms. The largest absolute Gasteiger partial charge is 0.394 e. The summed E-state index contributed by atoms with van der Waals surface area (Å²) in [6.45, 7) is -0.115. The van der Waals surface area contributed by atoms with Crippen LogP contribution in [0.2, 0.25) is 0 Å². The van der Waals surface area contributed by atoms with E-state index in [0.717, 1.165) is 0 Å². The van der Waals surface area contributed by atoms with Gasteiger partial charge in [0.25, 0.3) is 5.97 Å². The fourth-order valence-electron chi connectivity index (χ4n) is 3.37. The molecule has 12 heteroatoms. The van der Waals surface area contributed by atoms with E-state index in [2.05, 4.69) is 0 Å². The molecule has 0 saturated carbocycles. The summed E-state index contributed by atoms with van der Waals surface area (Å²) >= 11 is 0. The second-order valence-electron chi connectivity index (χ2n) is 6.85. The van der Waals surface area contributed by atoms with Crippen molar-refractivity contribution < 1.29 is 59.1 Å². The van der Waals surface area contributed by atoms with Crippen molar-refractivity contribution >= 4 is 0 Å². The number of fused-ring (bicyclic) bond motifs is 1. The molecule has 2 unspecified atom stereocenters. The van der Waals surface area contributed by atoms with Gasteiger partial charge in [0, 0.05) is 14.0 Å². The van der Waals surface area contributed by atoms with Crippen LogP contribution < -0.4 is 0 Å². The van der Waals surface area contributed by atoms with Gasteiger partial charge in [-0.1, -0.05) is 0 Å². The predicted molar refractivity (Wildman–Crippen MR) is 81.8 cm³/mol. The second-order valence-corrected chi connectivity index (χ2v) is 6.85. The second kappa shape index (κ2) is 7.74. The van der Waals surface area contributed by atoms with Gasteiger partial charge in [-0.05, 0) is 0 Å². The summed E-state index contributed by atoms with van der Waals surface area (Å²) in [6.07, 6.45) is -11.0. The van der Waals surface area contributed by atoms with E-state index in [-0.39, 0.29) is 6.61 Å². The topological polar surface area (TPSA) is 177 Å². The highest BCUT2D eigenvalue weighted by Gasteiger charge is 2.59. The van der Waals surface area contributed by atoms with E-state index in [1.165, 1.54) is 14.0 Å². The van der Waals surface area contributed by atoms with Crippen molar-refractivity contribution in [2.75, 3.05) is 26.9 Å². The first-order valence-corrected chi connectivity index (χ1v) is 8.52. The van der Waals surface area contributed by atoms with Crippen LogP contribution in [-0.2, 0) is 28.4 Å². The zero-order valence-electron chi connectivity index (χ0n) is 14.9. The van der Waals surface area contributed by atoms with E-state index in [1.54, 1.807) is 0 Å². The zero-order valence-corrected chi connectivity index (χ0v) is 14.9. The fraction of sp³-hybridized carbons (Fsp3) is 1.00. The highest BCUT2D eigenvalue weighted by Crippen LogP contribution is 2.38. The molecule has 3 heterocycles. The van der Waals surface area contributed by atoms with Gasteiger partial charge in [0.1, 0.15) is 49.3 Å². The Morgan fingerprint density at radius 2 is 1.74 bits per heavy atom. The molecule has 158 valence electrons. The number of aliphatic hydroxyl groups is 6. The summed E-state index contributed by atoms with van der Waals surface area (Å²) in [5.74, 6) is -3.59. The molecule has 0 bridgehead atoms.